The van der Waals surface area contributed by atoms with E-state index in [0.29, 0.717) is 27.8 Å². The van der Waals surface area contributed by atoms with Gasteiger partial charge in [0, 0.05) is 11.5 Å². The first-order chi connectivity index (χ1) is 12.2. The highest BCUT2D eigenvalue weighted by molar-refractivity contribution is 6.33. The lowest BCUT2D eigenvalue weighted by Crippen LogP contribution is -2.23. The number of amides is 1. The Morgan fingerprint density at radius 2 is 1.84 bits per heavy atom. The number of benzene rings is 2. The standard InChI is InChI=1S/C19H13ClN2O3/c20-15-7-3-2-6-14(15)19(23)21-11-13-10-18(25-22-13)17-9-12-5-1-4-8-16(12)24-17/h1-10H,11H2,(H,21,23). The lowest BCUT2D eigenvalue weighted by molar-refractivity contribution is 0.0950. The monoisotopic (exact) mass is 352 g/mol. The van der Waals surface area contributed by atoms with Crippen LogP contribution in [-0.2, 0) is 6.54 Å². The summed E-state index contributed by atoms with van der Waals surface area (Å²) in [5.74, 6) is 0.842. The van der Waals surface area contributed by atoms with Crippen LogP contribution >= 0.6 is 11.6 Å². The average Bonchev–Trinajstić information content (AvgIpc) is 3.26. The SMILES string of the molecule is O=C(NCc1cc(-c2cc3ccccc3o2)on1)c1ccccc1Cl. The first-order valence-corrected chi connectivity index (χ1v) is 8.06. The molecule has 0 aliphatic heterocycles. The van der Waals surface area contributed by atoms with Crippen molar-refractivity contribution in [2.24, 2.45) is 0 Å². The second-order valence-corrected chi connectivity index (χ2v) is 5.90. The molecule has 4 aromatic rings. The van der Waals surface area contributed by atoms with Gasteiger partial charge in [-0.1, -0.05) is 47.1 Å². The summed E-state index contributed by atoms with van der Waals surface area (Å²) in [5, 5.41) is 8.13. The van der Waals surface area contributed by atoms with Gasteiger partial charge in [0.15, 0.2) is 5.76 Å². The number of furan rings is 1. The van der Waals surface area contributed by atoms with Crippen molar-refractivity contribution in [2.75, 3.05) is 0 Å². The maximum Gasteiger partial charge on any atom is 0.253 e. The van der Waals surface area contributed by atoms with E-state index in [-0.39, 0.29) is 12.5 Å². The third-order valence-electron chi connectivity index (χ3n) is 3.78. The molecule has 124 valence electrons. The molecule has 1 amide bonds. The van der Waals surface area contributed by atoms with Crippen LogP contribution in [0.4, 0.5) is 0 Å². The van der Waals surface area contributed by atoms with Crippen LogP contribution in [0.15, 0.2) is 69.6 Å². The molecule has 0 aliphatic rings. The van der Waals surface area contributed by atoms with E-state index in [1.165, 1.54) is 0 Å². The van der Waals surface area contributed by atoms with Crippen LogP contribution in [-0.4, -0.2) is 11.1 Å². The van der Waals surface area contributed by atoms with E-state index in [9.17, 15) is 4.79 Å². The van der Waals surface area contributed by atoms with E-state index in [1.54, 1.807) is 30.3 Å². The number of fused-ring (bicyclic) bond motifs is 1. The van der Waals surface area contributed by atoms with Gasteiger partial charge in [-0.2, -0.15) is 0 Å². The summed E-state index contributed by atoms with van der Waals surface area (Å²) in [5.41, 5.74) is 1.79. The molecule has 4 rings (SSSR count). The highest BCUT2D eigenvalue weighted by atomic mass is 35.5. The third-order valence-corrected chi connectivity index (χ3v) is 4.11. The molecule has 0 spiro atoms. The smallest absolute Gasteiger partial charge is 0.253 e. The minimum atomic E-state index is -0.265. The molecule has 2 aromatic heterocycles. The molecular weight excluding hydrogens is 340 g/mol. The molecular formula is C19H13ClN2O3. The predicted octanol–water partition coefficient (Wildman–Crippen LogP) is 4.67. The Balaban J connectivity index is 1.48. The molecule has 0 saturated heterocycles. The fourth-order valence-corrected chi connectivity index (χ4v) is 2.75. The molecule has 2 aromatic carbocycles. The zero-order valence-electron chi connectivity index (χ0n) is 13.0. The maximum absolute atomic E-state index is 12.2. The highest BCUT2D eigenvalue weighted by Gasteiger charge is 2.14. The fourth-order valence-electron chi connectivity index (χ4n) is 2.53. The van der Waals surface area contributed by atoms with Gasteiger partial charge in [0.25, 0.3) is 5.91 Å². The quantitative estimate of drug-likeness (QED) is 0.579. The highest BCUT2D eigenvalue weighted by Crippen LogP contribution is 2.28. The second kappa shape index (κ2) is 6.45. The summed E-state index contributed by atoms with van der Waals surface area (Å²) in [6.07, 6.45) is 0. The fraction of sp³-hybridized carbons (Fsp3) is 0.0526. The van der Waals surface area contributed by atoms with E-state index in [1.807, 2.05) is 30.3 Å². The Hall–Kier alpha value is -3.05. The average molecular weight is 353 g/mol. The molecule has 0 fully saturated rings. The molecule has 0 bridgehead atoms. The first-order valence-electron chi connectivity index (χ1n) is 7.68. The van der Waals surface area contributed by atoms with E-state index in [4.69, 9.17) is 20.5 Å². The van der Waals surface area contributed by atoms with Gasteiger partial charge in [0.2, 0.25) is 5.76 Å². The lowest BCUT2D eigenvalue weighted by atomic mass is 10.2. The molecule has 25 heavy (non-hydrogen) atoms. The normalized spacial score (nSPS) is 10.9. The number of aromatic nitrogens is 1. The number of hydrogen-bond acceptors (Lipinski definition) is 4. The van der Waals surface area contributed by atoms with Gasteiger partial charge in [-0.3, -0.25) is 4.79 Å². The maximum atomic E-state index is 12.2. The van der Waals surface area contributed by atoms with Crippen molar-refractivity contribution in [3.8, 4) is 11.5 Å². The van der Waals surface area contributed by atoms with Gasteiger partial charge < -0.3 is 14.3 Å². The summed E-state index contributed by atoms with van der Waals surface area (Å²) in [4.78, 5) is 12.2. The molecule has 5 nitrogen and oxygen atoms in total. The number of carbonyl (C=O) groups is 1. The van der Waals surface area contributed by atoms with Crippen LogP contribution in [0.25, 0.3) is 22.5 Å². The Morgan fingerprint density at radius 3 is 2.68 bits per heavy atom. The number of nitrogens with zero attached hydrogens (tertiary/aromatic N) is 1. The Bertz CT molecular complexity index is 1020. The van der Waals surface area contributed by atoms with Crippen LogP contribution in [0.5, 0.6) is 0 Å². The largest absolute Gasteiger partial charge is 0.453 e. The van der Waals surface area contributed by atoms with Gasteiger partial charge >= 0.3 is 0 Å². The van der Waals surface area contributed by atoms with Crippen LogP contribution in [0.2, 0.25) is 5.02 Å². The van der Waals surface area contributed by atoms with Crippen molar-refractivity contribution in [1.82, 2.24) is 10.5 Å². The summed E-state index contributed by atoms with van der Waals surface area (Å²) in [7, 11) is 0. The van der Waals surface area contributed by atoms with Crippen molar-refractivity contribution in [1.29, 1.82) is 0 Å². The molecule has 0 unspecified atom stereocenters. The van der Waals surface area contributed by atoms with Gasteiger partial charge in [0.1, 0.15) is 11.3 Å². The number of hydrogen-bond donors (Lipinski definition) is 1. The molecule has 6 heteroatoms. The van der Waals surface area contributed by atoms with E-state index in [0.717, 1.165) is 11.0 Å². The van der Waals surface area contributed by atoms with E-state index >= 15 is 0 Å². The van der Waals surface area contributed by atoms with Crippen LogP contribution < -0.4 is 5.32 Å². The summed E-state index contributed by atoms with van der Waals surface area (Å²) >= 11 is 6.02. The van der Waals surface area contributed by atoms with Gasteiger partial charge in [0.05, 0.1) is 17.1 Å². The third kappa shape index (κ3) is 3.14. The Kier molecular flexibility index (Phi) is 3.99. The zero-order chi connectivity index (χ0) is 17.2. The lowest BCUT2D eigenvalue weighted by Gasteiger charge is -2.04. The number of rotatable bonds is 4. The van der Waals surface area contributed by atoms with Gasteiger partial charge in [-0.05, 0) is 24.3 Å². The molecule has 0 atom stereocenters. The Morgan fingerprint density at radius 1 is 1.04 bits per heavy atom. The van der Waals surface area contributed by atoms with Gasteiger partial charge in [-0.15, -0.1) is 0 Å². The molecule has 0 saturated carbocycles. The summed E-state index contributed by atoms with van der Waals surface area (Å²) in [6, 6.07) is 18.2. The van der Waals surface area contributed by atoms with Crippen LogP contribution in [0.3, 0.4) is 0 Å². The molecule has 0 radical (unpaired) electrons. The van der Waals surface area contributed by atoms with Gasteiger partial charge in [-0.25, -0.2) is 0 Å². The van der Waals surface area contributed by atoms with Crippen molar-refractivity contribution >= 4 is 28.5 Å². The van der Waals surface area contributed by atoms with Crippen LogP contribution in [0, 0.1) is 0 Å². The number of halogens is 1. The number of para-hydroxylation sites is 1. The van der Waals surface area contributed by atoms with Crippen LogP contribution in [0.1, 0.15) is 16.1 Å². The number of carbonyl (C=O) groups excluding carboxylic acids is 1. The predicted molar refractivity (Wildman–Crippen MR) is 94.3 cm³/mol. The van der Waals surface area contributed by atoms with Crippen molar-refractivity contribution in [2.45, 2.75) is 6.54 Å². The molecule has 0 aliphatic carbocycles. The zero-order valence-corrected chi connectivity index (χ0v) is 13.8. The van der Waals surface area contributed by atoms with Crippen molar-refractivity contribution in [3.05, 3.63) is 76.9 Å². The molecule has 2 heterocycles. The summed E-state index contributed by atoms with van der Waals surface area (Å²) in [6.45, 7) is 0.230. The van der Waals surface area contributed by atoms with Crippen molar-refractivity contribution < 1.29 is 13.7 Å². The molecule has 1 N–H and O–H groups in total. The summed E-state index contributed by atoms with van der Waals surface area (Å²) < 4.78 is 11.1. The topological polar surface area (TPSA) is 68.3 Å². The first kappa shape index (κ1) is 15.5. The Labute approximate surface area is 148 Å². The van der Waals surface area contributed by atoms with E-state index < -0.39 is 0 Å². The second-order valence-electron chi connectivity index (χ2n) is 5.49. The minimum absolute atomic E-state index is 0.230. The van der Waals surface area contributed by atoms with Crippen molar-refractivity contribution in [3.63, 3.8) is 0 Å². The van der Waals surface area contributed by atoms with E-state index in [2.05, 4.69) is 10.5 Å². The minimum Gasteiger partial charge on any atom is -0.453 e. The number of nitrogens with one attached hydrogen (secondary N) is 1.